The number of phenols is 2. The molecule has 0 atom stereocenters. The maximum absolute atomic E-state index is 10.1. The van der Waals surface area contributed by atoms with Crippen molar-refractivity contribution >= 4 is 5.71 Å². The van der Waals surface area contributed by atoms with E-state index >= 15 is 0 Å². The normalized spacial score (nSPS) is 11.7. The molecule has 0 saturated carbocycles. The lowest BCUT2D eigenvalue weighted by Gasteiger charge is -2.15. The summed E-state index contributed by atoms with van der Waals surface area (Å²) in [6, 6.07) is 11.8. The van der Waals surface area contributed by atoms with Gasteiger partial charge in [0.25, 0.3) is 0 Å². The summed E-state index contributed by atoms with van der Waals surface area (Å²) in [7, 11) is 0. The fraction of sp³-hybridized carbons (Fsp3) is 0.167. The van der Waals surface area contributed by atoms with Gasteiger partial charge in [0, 0.05) is 11.6 Å². The second-order valence-corrected chi connectivity index (χ2v) is 5.15. The summed E-state index contributed by atoms with van der Waals surface area (Å²) >= 11 is 0. The molecule has 2 aromatic rings. The summed E-state index contributed by atoms with van der Waals surface area (Å²) in [4.78, 5) is 0. The molecule has 0 spiro atoms. The van der Waals surface area contributed by atoms with Crippen molar-refractivity contribution in [2.75, 3.05) is 0 Å². The predicted molar refractivity (Wildman–Crippen MR) is 89.9 cm³/mol. The second-order valence-electron chi connectivity index (χ2n) is 5.15. The van der Waals surface area contributed by atoms with Crippen molar-refractivity contribution in [3.8, 4) is 17.2 Å². The molecule has 2 aromatic carbocycles. The minimum absolute atomic E-state index is 0.000489. The molecule has 0 aliphatic rings. The van der Waals surface area contributed by atoms with E-state index in [0.29, 0.717) is 23.4 Å². The van der Waals surface area contributed by atoms with Crippen molar-refractivity contribution in [1.29, 1.82) is 5.41 Å². The Bertz CT molecular complexity index is 748. The van der Waals surface area contributed by atoms with Crippen LogP contribution in [-0.4, -0.2) is 15.9 Å². The van der Waals surface area contributed by atoms with Crippen molar-refractivity contribution in [2.45, 2.75) is 20.3 Å². The van der Waals surface area contributed by atoms with Crippen molar-refractivity contribution in [3.05, 3.63) is 65.0 Å². The van der Waals surface area contributed by atoms with Gasteiger partial charge in [-0.3, -0.25) is 5.41 Å². The fourth-order valence-corrected chi connectivity index (χ4v) is 2.16. The molecule has 23 heavy (non-hydrogen) atoms. The zero-order valence-corrected chi connectivity index (χ0v) is 13.1. The highest BCUT2D eigenvalue weighted by Gasteiger charge is 2.18. The van der Waals surface area contributed by atoms with Crippen LogP contribution in [0.2, 0.25) is 0 Å². The van der Waals surface area contributed by atoms with E-state index in [1.165, 1.54) is 6.07 Å². The van der Waals surface area contributed by atoms with Crippen LogP contribution in [0, 0.1) is 5.41 Å². The van der Waals surface area contributed by atoms with Gasteiger partial charge in [0.15, 0.2) is 5.76 Å². The molecule has 0 saturated heterocycles. The second kappa shape index (κ2) is 6.87. The Morgan fingerprint density at radius 1 is 1.13 bits per heavy atom. The number of aromatic hydroxyl groups is 2. The standard InChI is InChI=1S/C18H20N2O3/c1-3-12-9-14(16(22)10-15(12)21)17(20)18(11(2)19)23-13-7-5-4-6-8-13/h4-10,20-22H,3,19H2,1-2H3/b18-11+,20-17?. The van der Waals surface area contributed by atoms with Crippen LogP contribution in [-0.2, 0) is 6.42 Å². The minimum Gasteiger partial charge on any atom is -0.508 e. The zero-order chi connectivity index (χ0) is 17.0. The fourth-order valence-electron chi connectivity index (χ4n) is 2.16. The summed E-state index contributed by atoms with van der Waals surface area (Å²) in [6.07, 6.45) is 0.576. The van der Waals surface area contributed by atoms with Crippen LogP contribution >= 0.6 is 0 Å². The molecule has 120 valence electrons. The Kier molecular flexibility index (Phi) is 4.91. The van der Waals surface area contributed by atoms with Gasteiger partial charge in [0.05, 0.1) is 5.70 Å². The van der Waals surface area contributed by atoms with Crippen molar-refractivity contribution in [1.82, 2.24) is 0 Å². The molecule has 0 unspecified atom stereocenters. The van der Waals surface area contributed by atoms with Crippen molar-refractivity contribution in [3.63, 3.8) is 0 Å². The van der Waals surface area contributed by atoms with Crippen LogP contribution in [0.1, 0.15) is 25.0 Å². The molecular formula is C18H20N2O3. The third-order valence-corrected chi connectivity index (χ3v) is 3.40. The van der Waals surface area contributed by atoms with Gasteiger partial charge in [-0.2, -0.15) is 0 Å². The lowest BCUT2D eigenvalue weighted by molar-refractivity contribution is 0.439. The first kappa shape index (κ1) is 16.4. The Balaban J connectivity index is 2.42. The smallest absolute Gasteiger partial charge is 0.171 e. The first-order valence-electron chi connectivity index (χ1n) is 7.27. The largest absolute Gasteiger partial charge is 0.508 e. The number of nitrogens with one attached hydrogen (secondary N) is 1. The van der Waals surface area contributed by atoms with Crippen LogP contribution in [0.4, 0.5) is 0 Å². The van der Waals surface area contributed by atoms with E-state index in [1.54, 1.807) is 25.1 Å². The Labute approximate surface area is 135 Å². The minimum atomic E-state index is -0.194. The first-order valence-corrected chi connectivity index (χ1v) is 7.27. The summed E-state index contributed by atoms with van der Waals surface area (Å²) in [5, 5.41) is 28.2. The molecule has 0 heterocycles. The van der Waals surface area contributed by atoms with Gasteiger partial charge in [-0.25, -0.2) is 0 Å². The summed E-state index contributed by atoms with van der Waals surface area (Å²) in [6.45, 7) is 3.51. The van der Waals surface area contributed by atoms with Crippen molar-refractivity contribution in [2.24, 2.45) is 5.73 Å². The van der Waals surface area contributed by atoms with E-state index < -0.39 is 0 Å². The van der Waals surface area contributed by atoms with Gasteiger partial charge in [-0.05, 0) is 37.1 Å². The lowest BCUT2D eigenvalue weighted by atomic mass is 10.0. The average molecular weight is 312 g/mol. The number of aryl methyl sites for hydroxylation is 1. The van der Waals surface area contributed by atoms with Crippen LogP contribution in [0.15, 0.2) is 53.9 Å². The van der Waals surface area contributed by atoms with E-state index in [2.05, 4.69) is 0 Å². The van der Waals surface area contributed by atoms with E-state index in [1.807, 2.05) is 25.1 Å². The van der Waals surface area contributed by atoms with Crippen LogP contribution in [0.3, 0.4) is 0 Å². The molecule has 5 N–H and O–H groups in total. The van der Waals surface area contributed by atoms with Gasteiger partial charge in [-0.1, -0.05) is 25.1 Å². The molecule has 5 heteroatoms. The van der Waals surface area contributed by atoms with Crippen LogP contribution < -0.4 is 10.5 Å². The zero-order valence-electron chi connectivity index (χ0n) is 13.1. The molecule has 0 amide bonds. The molecule has 0 aromatic heterocycles. The Morgan fingerprint density at radius 2 is 1.78 bits per heavy atom. The first-order chi connectivity index (χ1) is 10.9. The highest BCUT2D eigenvalue weighted by atomic mass is 16.5. The van der Waals surface area contributed by atoms with Crippen molar-refractivity contribution < 1.29 is 14.9 Å². The summed E-state index contributed by atoms with van der Waals surface area (Å²) in [5.41, 5.74) is 7.03. The molecule has 0 bridgehead atoms. The summed E-state index contributed by atoms with van der Waals surface area (Å²) < 4.78 is 5.71. The maximum Gasteiger partial charge on any atom is 0.171 e. The van der Waals surface area contributed by atoms with E-state index in [-0.39, 0.29) is 28.5 Å². The number of hydrogen-bond acceptors (Lipinski definition) is 5. The number of allylic oxidation sites excluding steroid dienone is 2. The maximum atomic E-state index is 10.1. The predicted octanol–water partition coefficient (Wildman–Crippen LogP) is 3.30. The third-order valence-electron chi connectivity index (χ3n) is 3.40. The molecule has 5 nitrogen and oxygen atoms in total. The van der Waals surface area contributed by atoms with Crippen LogP contribution in [0.5, 0.6) is 17.2 Å². The Morgan fingerprint density at radius 3 is 2.35 bits per heavy atom. The molecule has 2 rings (SSSR count). The number of hydrogen-bond donors (Lipinski definition) is 4. The van der Waals surface area contributed by atoms with Gasteiger partial charge in [-0.15, -0.1) is 0 Å². The van der Waals surface area contributed by atoms with Gasteiger partial charge in [0.2, 0.25) is 0 Å². The monoisotopic (exact) mass is 312 g/mol. The number of phenolic OH excluding ortho intramolecular Hbond substituents is 2. The number of nitrogens with two attached hydrogens (primary N) is 1. The molecular weight excluding hydrogens is 292 g/mol. The van der Waals surface area contributed by atoms with E-state index in [9.17, 15) is 10.2 Å². The van der Waals surface area contributed by atoms with Crippen LogP contribution in [0.25, 0.3) is 0 Å². The number of benzene rings is 2. The third kappa shape index (κ3) is 3.63. The number of rotatable bonds is 5. The van der Waals surface area contributed by atoms with E-state index in [0.717, 1.165) is 0 Å². The topological polar surface area (TPSA) is 99.6 Å². The van der Waals surface area contributed by atoms with Gasteiger partial charge in [0.1, 0.15) is 23.0 Å². The molecule has 0 fully saturated rings. The molecule has 0 aliphatic heterocycles. The highest BCUT2D eigenvalue weighted by Crippen LogP contribution is 2.30. The Hall–Kier alpha value is -2.95. The van der Waals surface area contributed by atoms with Gasteiger partial charge >= 0.3 is 0 Å². The number of ether oxygens (including phenoxy) is 1. The molecule has 0 aliphatic carbocycles. The highest BCUT2D eigenvalue weighted by molar-refractivity contribution is 6.11. The number of para-hydroxylation sites is 1. The average Bonchev–Trinajstić information content (AvgIpc) is 2.53. The van der Waals surface area contributed by atoms with Gasteiger partial charge < -0.3 is 20.7 Å². The molecule has 0 radical (unpaired) electrons. The lowest BCUT2D eigenvalue weighted by Crippen LogP contribution is -2.15. The van der Waals surface area contributed by atoms with E-state index in [4.69, 9.17) is 15.9 Å². The summed E-state index contributed by atoms with van der Waals surface area (Å²) in [5.74, 6) is 0.519. The SMILES string of the molecule is CCc1cc(C(=N)/C(Oc2ccccc2)=C(/C)N)c(O)cc1O. The quantitative estimate of drug-likeness (QED) is 0.503.